The number of likely N-dealkylation sites (tertiary alicyclic amines) is 1. The van der Waals surface area contributed by atoms with Gasteiger partial charge in [0, 0.05) is 42.5 Å². The standard InChI is InChI=1S/C28H36N4O3/c1-30(2)18-27(33)31-16-22-14-15-32(26(22)17-31)24-12-10-23(11-13-24)29-28(34)21-8-6-20(7-9-21)19-35-25-4-3-5-25/h6-13,22,25-26H,3-5,14-19H2,1-2H3,(H,29,34). The fourth-order valence-electron chi connectivity index (χ4n) is 5.30. The minimum Gasteiger partial charge on any atom is -0.374 e. The normalized spacial score (nSPS) is 21.8. The number of rotatable bonds is 8. The van der Waals surface area contributed by atoms with Crippen molar-refractivity contribution in [3.05, 3.63) is 59.7 Å². The van der Waals surface area contributed by atoms with Crippen molar-refractivity contribution in [3.63, 3.8) is 0 Å². The molecule has 2 atom stereocenters. The lowest BCUT2D eigenvalue weighted by Gasteiger charge is -2.27. The molecule has 2 unspecified atom stereocenters. The molecule has 35 heavy (non-hydrogen) atoms. The number of anilines is 2. The minimum absolute atomic E-state index is 0.115. The van der Waals surface area contributed by atoms with E-state index in [4.69, 9.17) is 4.74 Å². The lowest BCUT2D eigenvalue weighted by atomic mass is 9.96. The average Bonchev–Trinajstić information content (AvgIpc) is 3.40. The Morgan fingerprint density at radius 1 is 1.00 bits per heavy atom. The van der Waals surface area contributed by atoms with Gasteiger partial charge in [-0.25, -0.2) is 0 Å². The largest absolute Gasteiger partial charge is 0.374 e. The van der Waals surface area contributed by atoms with Crippen LogP contribution in [0.3, 0.4) is 0 Å². The lowest BCUT2D eigenvalue weighted by Crippen LogP contribution is -2.40. The third-order valence-corrected chi connectivity index (χ3v) is 7.56. The summed E-state index contributed by atoms with van der Waals surface area (Å²) < 4.78 is 5.85. The number of fused-ring (bicyclic) bond motifs is 1. The number of hydrogen-bond acceptors (Lipinski definition) is 5. The first-order valence-electron chi connectivity index (χ1n) is 12.8. The molecular formula is C28H36N4O3. The number of carbonyl (C=O) groups is 2. The highest BCUT2D eigenvalue weighted by molar-refractivity contribution is 6.04. The molecule has 3 fully saturated rings. The Hall–Kier alpha value is -2.90. The van der Waals surface area contributed by atoms with Crippen molar-refractivity contribution < 1.29 is 14.3 Å². The number of benzene rings is 2. The first-order valence-corrected chi connectivity index (χ1v) is 12.8. The average molecular weight is 477 g/mol. The quantitative estimate of drug-likeness (QED) is 0.631. The van der Waals surface area contributed by atoms with Crippen molar-refractivity contribution in [2.45, 2.75) is 44.4 Å². The molecule has 0 spiro atoms. The van der Waals surface area contributed by atoms with Crippen molar-refractivity contribution >= 4 is 23.2 Å². The van der Waals surface area contributed by atoms with Gasteiger partial charge < -0.3 is 24.8 Å². The third-order valence-electron chi connectivity index (χ3n) is 7.56. The summed E-state index contributed by atoms with van der Waals surface area (Å²) in [6, 6.07) is 16.1. The molecule has 3 aliphatic rings. The summed E-state index contributed by atoms with van der Waals surface area (Å²) in [5, 5.41) is 3.00. The fourth-order valence-corrected chi connectivity index (χ4v) is 5.30. The Morgan fingerprint density at radius 2 is 1.74 bits per heavy atom. The molecule has 1 saturated carbocycles. The van der Waals surface area contributed by atoms with E-state index in [9.17, 15) is 9.59 Å². The molecule has 7 nitrogen and oxygen atoms in total. The highest BCUT2D eigenvalue weighted by Gasteiger charge is 2.42. The summed E-state index contributed by atoms with van der Waals surface area (Å²) in [6.45, 7) is 3.72. The Bertz CT molecular complexity index is 1030. The van der Waals surface area contributed by atoms with Crippen molar-refractivity contribution in [3.8, 4) is 0 Å². The van der Waals surface area contributed by atoms with E-state index in [1.54, 1.807) is 0 Å². The Balaban J connectivity index is 1.15. The number of hydrogen-bond donors (Lipinski definition) is 1. The zero-order chi connectivity index (χ0) is 24.4. The molecule has 2 heterocycles. The molecule has 2 aromatic rings. The van der Waals surface area contributed by atoms with E-state index in [1.807, 2.05) is 60.3 Å². The fraction of sp³-hybridized carbons (Fsp3) is 0.500. The molecule has 2 amide bonds. The maximum Gasteiger partial charge on any atom is 0.255 e. The maximum absolute atomic E-state index is 12.7. The zero-order valence-electron chi connectivity index (χ0n) is 20.8. The van der Waals surface area contributed by atoms with E-state index >= 15 is 0 Å². The van der Waals surface area contributed by atoms with Crippen LogP contribution in [0.25, 0.3) is 0 Å². The number of nitrogens with zero attached hydrogens (tertiary/aromatic N) is 3. The SMILES string of the molecule is CN(C)CC(=O)N1CC2CCN(c3ccc(NC(=O)c4ccc(COC5CCC5)cc4)cc3)C2C1. The Kier molecular flexibility index (Phi) is 7.07. The van der Waals surface area contributed by atoms with Crippen LogP contribution in [-0.2, 0) is 16.1 Å². The number of ether oxygens (including phenoxy) is 1. The monoisotopic (exact) mass is 476 g/mol. The van der Waals surface area contributed by atoms with Gasteiger partial charge in [0.1, 0.15) is 0 Å². The molecule has 0 aromatic heterocycles. The molecule has 5 rings (SSSR count). The lowest BCUT2D eigenvalue weighted by molar-refractivity contribution is -0.131. The van der Waals surface area contributed by atoms with Crippen molar-refractivity contribution in [1.82, 2.24) is 9.80 Å². The summed E-state index contributed by atoms with van der Waals surface area (Å²) in [5.74, 6) is 0.625. The first-order chi connectivity index (χ1) is 17.0. The summed E-state index contributed by atoms with van der Waals surface area (Å²) in [5.41, 5.74) is 3.65. The zero-order valence-corrected chi connectivity index (χ0v) is 20.8. The van der Waals surface area contributed by atoms with E-state index < -0.39 is 0 Å². The number of likely N-dealkylation sites (N-methyl/N-ethyl adjacent to an activating group) is 1. The molecule has 7 heteroatoms. The van der Waals surface area contributed by atoms with E-state index in [2.05, 4.69) is 22.3 Å². The molecule has 2 saturated heterocycles. The van der Waals surface area contributed by atoms with Crippen LogP contribution in [0.5, 0.6) is 0 Å². The third kappa shape index (κ3) is 5.52. The molecule has 1 N–H and O–H groups in total. The van der Waals surface area contributed by atoms with E-state index in [0.29, 0.717) is 36.8 Å². The highest BCUT2D eigenvalue weighted by Crippen LogP contribution is 2.35. The smallest absolute Gasteiger partial charge is 0.255 e. The first kappa shape index (κ1) is 23.8. The summed E-state index contributed by atoms with van der Waals surface area (Å²) in [6.07, 6.45) is 5.10. The van der Waals surface area contributed by atoms with Crippen LogP contribution in [0, 0.1) is 5.92 Å². The van der Waals surface area contributed by atoms with Crippen LogP contribution in [0.2, 0.25) is 0 Å². The van der Waals surface area contributed by atoms with E-state index in [-0.39, 0.29) is 11.8 Å². The molecular weight excluding hydrogens is 440 g/mol. The van der Waals surface area contributed by atoms with Crippen LogP contribution in [0.15, 0.2) is 48.5 Å². The van der Waals surface area contributed by atoms with Gasteiger partial charge >= 0.3 is 0 Å². The van der Waals surface area contributed by atoms with Crippen LogP contribution in [-0.4, -0.2) is 74.0 Å². The predicted octanol–water partition coefficient (Wildman–Crippen LogP) is 3.61. The van der Waals surface area contributed by atoms with Gasteiger partial charge in [-0.1, -0.05) is 12.1 Å². The summed E-state index contributed by atoms with van der Waals surface area (Å²) >= 11 is 0. The number of amides is 2. The van der Waals surface area contributed by atoms with Gasteiger partial charge in [-0.3, -0.25) is 9.59 Å². The molecule has 1 aliphatic carbocycles. The Labute approximate surface area is 208 Å². The second-order valence-electron chi connectivity index (χ2n) is 10.4. The minimum atomic E-state index is -0.115. The molecule has 2 aromatic carbocycles. The van der Waals surface area contributed by atoms with Crippen molar-refractivity contribution in [2.75, 3.05) is 50.5 Å². The van der Waals surface area contributed by atoms with Gasteiger partial charge in [0.2, 0.25) is 5.91 Å². The summed E-state index contributed by atoms with van der Waals surface area (Å²) in [4.78, 5) is 31.6. The van der Waals surface area contributed by atoms with Gasteiger partial charge in [-0.15, -0.1) is 0 Å². The second-order valence-corrected chi connectivity index (χ2v) is 10.4. The number of nitrogens with one attached hydrogen (secondary N) is 1. The van der Waals surface area contributed by atoms with E-state index in [0.717, 1.165) is 55.8 Å². The van der Waals surface area contributed by atoms with Crippen LogP contribution < -0.4 is 10.2 Å². The van der Waals surface area contributed by atoms with E-state index in [1.165, 1.54) is 6.42 Å². The number of carbonyl (C=O) groups excluding carboxylic acids is 2. The highest BCUT2D eigenvalue weighted by atomic mass is 16.5. The van der Waals surface area contributed by atoms with Crippen LogP contribution in [0.4, 0.5) is 11.4 Å². The molecule has 0 bridgehead atoms. The van der Waals surface area contributed by atoms with Gasteiger partial charge in [0.05, 0.1) is 25.3 Å². The van der Waals surface area contributed by atoms with Crippen molar-refractivity contribution in [1.29, 1.82) is 0 Å². The van der Waals surface area contributed by atoms with Crippen LogP contribution in [0.1, 0.15) is 41.6 Å². The maximum atomic E-state index is 12.7. The van der Waals surface area contributed by atoms with Gasteiger partial charge in [0.15, 0.2) is 0 Å². The predicted molar refractivity (Wildman–Crippen MR) is 138 cm³/mol. The van der Waals surface area contributed by atoms with Gasteiger partial charge in [-0.2, -0.15) is 0 Å². The second kappa shape index (κ2) is 10.4. The Morgan fingerprint density at radius 3 is 2.40 bits per heavy atom. The van der Waals surface area contributed by atoms with Gasteiger partial charge in [-0.05, 0) is 81.7 Å². The molecule has 0 radical (unpaired) electrons. The summed E-state index contributed by atoms with van der Waals surface area (Å²) in [7, 11) is 3.87. The van der Waals surface area contributed by atoms with Crippen LogP contribution >= 0.6 is 0 Å². The molecule has 186 valence electrons. The molecule has 2 aliphatic heterocycles. The van der Waals surface area contributed by atoms with Gasteiger partial charge in [0.25, 0.3) is 5.91 Å². The van der Waals surface area contributed by atoms with Crippen molar-refractivity contribution in [2.24, 2.45) is 5.92 Å². The topological polar surface area (TPSA) is 65.1 Å².